The maximum absolute atomic E-state index is 15.0. The number of unbranched alkanes of at least 4 members (excludes halogenated alkanes) is 18. The van der Waals surface area contributed by atoms with Gasteiger partial charge < -0.3 is 56.8 Å². The second kappa shape index (κ2) is 50.7. The maximum Gasteiger partial charge on any atom is 0.343 e. The molecule has 0 spiro atoms. The van der Waals surface area contributed by atoms with Crippen LogP contribution in [0.25, 0.3) is 32.3 Å². The van der Waals surface area contributed by atoms with Crippen molar-refractivity contribution in [1.82, 2.24) is 0 Å². The van der Waals surface area contributed by atoms with E-state index < -0.39 is 35.8 Å². The van der Waals surface area contributed by atoms with Gasteiger partial charge in [-0.1, -0.05) is 157 Å². The summed E-state index contributed by atoms with van der Waals surface area (Å²) >= 11 is 0. The lowest BCUT2D eigenvalue weighted by Crippen LogP contribution is -2.14. The molecule has 10 aromatic carbocycles. The summed E-state index contributed by atoms with van der Waals surface area (Å²) in [6.45, 7) is 25.1. The van der Waals surface area contributed by atoms with Gasteiger partial charge in [-0.2, -0.15) is 0 Å². The van der Waals surface area contributed by atoms with Crippen molar-refractivity contribution < 1.29 is 85.6 Å². The van der Waals surface area contributed by atoms with Crippen LogP contribution in [0.1, 0.15) is 338 Å². The first-order chi connectivity index (χ1) is 61.1. The van der Waals surface area contributed by atoms with Gasteiger partial charge in [-0.05, 0) is 333 Å². The Morgan fingerprint density at radius 3 is 0.437 bits per heavy atom. The van der Waals surface area contributed by atoms with E-state index in [9.17, 15) is 0 Å². The van der Waals surface area contributed by atoms with Gasteiger partial charge in [0.2, 0.25) is 0 Å². The number of hydrogen-bond acceptors (Lipinski definition) is 18. The Bertz CT molecular complexity index is 4240. The maximum atomic E-state index is 15.0. The van der Waals surface area contributed by atoms with E-state index in [-0.39, 0.29) is 137 Å². The van der Waals surface area contributed by atoms with Crippen molar-refractivity contribution in [2.24, 2.45) is 0 Å². The van der Waals surface area contributed by atoms with E-state index in [4.69, 9.17) is 56.8 Å². The molecule has 0 aromatic heterocycles. The summed E-state index contributed by atoms with van der Waals surface area (Å²) in [7, 11) is 0. The first-order valence-corrected chi connectivity index (χ1v) is 46.6. The molecule has 10 aromatic rings. The fraction of sp³-hybridized carbons (Fsp3) is 0.444. The number of rotatable bonds is 54. The molecule has 0 fully saturated rings. The van der Waals surface area contributed by atoms with Crippen molar-refractivity contribution in [2.75, 3.05) is 0 Å². The Kier molecular flexibility index (Phi) is 38.9. The smallest absolute Gasteiger partial charge is 0.343 e. The molecule has 0 saturated heterocycles. The first kappa shape index (κ1) is 96.8. The van der Waals surface area contributed by atoms with E-state index in [2.05, 4.69) is 41.5 Å². The molecule has 672 valence electrons. The average molecular weight is 1720 g/mol. The van der Waals surface area contributed by atoms with E-state index in [1.54, 1.807) is 146 Å². The average Bonchev–Trinajstić information content (AvgIpc) is 0.721. The molecular formula is C108H132O18. The van der Waals surface area contributed by atoms with E-state index in [1.807, 2.05) is 41.5 Å². The number of hydrogen-bond donors (Lipinski definition) is 0. The molecule has 0 radical (unpaired) electrons. The Morgan fingerprint density at radius 1 is 0.190 bits per heavy atom. The molecule has 0 bridgehead atoms. The minimum absolute atomic E-state index is 0.0923. The predicted octanol–water partition coefficient (Wildman–Crippen LogP) is 28.9. The van der Waals surface area contributed by atoms with Crippen LogP contribution in [0.4, 0.5) is 0 Å². The third-order valence-electron chi connectivity index (χ3n) is 22.7. The molecule has 18 heteroatoms. The third-order valence-corrected chi connectivity index (χ3v) is 22.7. The van der Waals surface area contributed by atoms with Crippen LogP contribution in [0, 0.1) is 0 Å². The Labute approximate surface area is 746 Å². The molecule has 0 N–H and O–H groups in total. The van der Waals surface area contributed by atoms with Crippen LogP contribution in [0.3, 0.4) is 0 Å². The highest BCUT2D eigenvalue weighted by molar-refractivity contribution is 6.27. The molecule has 0 aliphatic heterocycles. The molecule has 0 aliphatic rings. The number of benzene rings is 10. The zero-order chi connectivity index (χ0) is 89.7. The highest BCUT2D eigenvalue weighted by atomic mass is 16.6. The van der Waals surface area contributed by atoms with Crippen LogP contribution in [0.15, 0.2) is 182 Å². The van der Waals surface area contributed by atoms with Crippen LogP contribution >= 0.6 is 0 Å². The fourth-order valence-corrected chi connectivity index (χ4v) is 15.4. The zero-order valence-corrected chi connectivity index (χ0v) is 76.3. The van der Waals surface area contributed by atoms with Crippen LogP contribution < -0.4 is 56.8 Å². The Balaban J connectivity index is 1.17. The van der Waals surface area contributed by atoms with Crippen molar-refractivity contribution >= 4 is 68.1 Å². The first-order valence-electron chi connectivity index (χ1n) is 46.6. The number of ether oxygens (including phenoxy) is 12. The molecule has 18 nitrogen and oxygen atoms in total. The van der Waals surface area contributed by atoms with Gasteiger partial charge >= 0.3 is 35.8 Å². The molecule has 6 atom stereocenters. The van der Waals surface area contributed by atoms with Gasteiger partial charge in [0.1, 0.15) is 34.5 Å². The molecule has 0 amide bonds. The molecule has 126 heavy (non-hydrogen) atoms. The van der Waals surface area contributed by atoms with Crippen molar-refractivity contribution in [3.8, 4) is 69.0 Å². The zero-order valence-electron chi connectivity index (χ0n) is 76.3. The lowest BCUT2D eigenvalue weighted by molar-refractivity contribution is 0.0682. The number of esters is 6. The van der Waals surface area contributed by atoms with Gasteiger partial charge in [-0.3, -0.25) is 0 Å². The molecule has 0 heterocycles. The van der Waals surface area contributed by atoms with E-state index >= 15 is 28.8 Å². The van der Waals surface area contributed by atoms with Crippen LogP contribution in [-0.2, 0) is 0 Å². The number of carbonyl (C=O) groups is 6. The van der Waals surface area contributed by atoms with Gasteiger partial charge in [0.05, 0.1) is 70.0 Å². The van der Waals surface area contributed by atoms with E-state index in [0.717, 1.165) is 193 Å². The summed E-state index contributed by atoms with van der Waals surface area (Å²) in [5, 5.41) is 1.71. The van der Waals surface area contributed by atoms with E-state index in [1.165, 1.54) is 36.4 Å². The summed E-state index contributed by atoms with van der Waals surface area (Å²) in [5.41, 5.74) is 0.809. The highest BCUT2D eigenvalue weighted by Crippen LogP contribution is 2.49. The largest absolute Gasteiger partial charge is 0.491 e. The summed E-state index contributed by atoms with van der Waals surface area (Å²) < 4.78 is 76.8. The Hall–Kier alpha value is -11.4. The Morgan fingerprint density at radius 2 is 0.317 bits per heavy atom. The van der Waals surface area contributed by atoms with Crippen LogP contribution in [-0.4, -0.2) is 72.4 Å². The van der Waals surface area contributed by atoms with Crippen molar-refractivity contribution in [3.63, 3.8) is 0 Å². The summed E-state index contributed by atoms with van der Waals surface area (Å²) in [6, 6.07) is 48.8. The highest BCUT2D eigenvalue weighted by Gasteiger charge is 2.28. The van der Waals surface area contributed by atoms with Gasteiger partial charge in [0.25, 0.3) is 0 Å². The van der Waals surface area contributed by atoms with Crippen molar-refractivity contribution in [2.45, 2.75) is 312 Å². The second-order valence-corrected chi connectivity index (χ2v) is 33.7. The predicted molar refractivity (Wildman–Crippen MR) is 500 cm³/mol. The summed E-state index contributed by atoms with van der Waals surface area (Å²) in [6.07, 6.45) is 30.7. The van der Waals surface area contributed by atoms with Gasteiger partial charge in [0.15, 0.2) is 34.5 Å². The lowest BCUT2D eigenvalue weighted by Gasteiger charge is -2.19. The van der Waals surface area contributed by atoms with Gasteiger partial charge in [-0.15, -0.1) is 0 Å². The normalized spacial score (nSPS) is 12.8. The van der Waals surface area contributed by atoms with Crippen LogP contribution in [0.5, 0.6) is 69.0 Å². The minimum atomic E-state index is -0.828. The van der Waals surface area contributed by atoms with Crippen LogP contribution in [0.2, 0.25) is 0 Å². The SMILES string of the molecule is CCCCCC[C@H](C)Oc1ccc(C(=O)Oc2cc3c4cc(OC(=O)c5ccc(O[C@@H](C)CCCCCC)cc5)c(OC(=O)c5ccc(O[C@@H](C)CCCCCC)cc5)cc4c4cc(OC(=O)c5ccc(O[C@@H](C)CCCCCC)cc5)c(OC(=O)c5ccc(O[C@@H](C)CCCCCC)cc5)cc4c3cc2OC(=O)c2ccc(O[C@@H](C)CCCCCC)cc2)cc1. The number of carbonyl (C=O) groups excluding carboxylic acids is 6. The molecule has 10 rings (SSSR count). The molecule has 0 saturated carbocycles. The minimum Gasteiger partial charge on any atom is -0.491 e. The standard InChI is InChI=1S/C108H132O18/c1-13-19-25-31-37-73(7)115-85-55-43-79(44-56-85)103(109)121-97-67-91-92(68-98(97)122-104(110)80-45-57-86(58-46-80)116-74(8)38-32-26-20-14-2)94-70-100(124-106(112)82-49-61-88(62-50-82)118-76(10)40-34-28-22-16-4)102(126-108(114)84-53-65-90(66-54-84)120-78(12)42-36-30-24-18-6)72-96(94)95-71-101(125-107(113)83-51-63-89(64-52-83)119-77(11)41-35-29-23-17-5)99(69-93(91)95)123-105(111)81-47-59-87(60-48-81)117-75(9)39-33-27-21-15-3/h43-78H,13-42H2,1-12H3/t73-,74-,75-,76-,77-,78-/m0/s1. The molecule has 0 aliphatic carbocycles. The summed E-state index contributed by atoms with van der Waals surface area (Å²) in [4.78, 5) is 90.1. The van der Waals surface area contributed by atoms with E-state index in [0.29, 0.717) is 34.5 Å². The lowest BCUT2D eigenvalue weighted by atomic mass is 9.93. The topological polar surface area (TPSA) is 213 Å². The molecule has 0 unspecified atom stereocenters. The van der Waals surface area contributed by atoms with Gasteiger partial charge in [0, 0.05) is 0 Å². The van der Waals surface area contributed by atoms with Crippen molar-refractivity contribution in [1.29, 1.82) is 0 Å². The number of fused-ring (bicyclic) bond motifs is 6. The molecular weight excluding hydrogens is 1590 g/mol. The summed E-state index contributed by atoms with van der Waals surface area (Å²) in [5.74, 6) is -2.98. The second-order valence-electron chi connectivity index (χ2n) is 33.7. The van der Waals surface area contributed by atoms with Gasteiger partial charge in [-0.25, -0.2) is 28.8 Å². The monoisotopic (exact) mass is 1720 g/mol. The fourth-order valence-electron chi connectivity index (χ4n) is 15.4. The van der Waals surface area contributed by atoms with Crippen molar-refractivity contribution in [3.05, 3.63) is 215 Å². The quantitative estimate of drug-likeness (QED) is 0.0150. The third kappa shape index (κ3) is 29.9.